The van der Waals surface area contributed by atoms with Gasteiger partial charge in [-0.05, 0) is 42.0 Å². The second-order valence-electron chi connectivity index (χ2n) is 5.64. The second-order valence-corrected chi connectivity index (χ2v) is 5.64. The Balaban J connectivity index is 2.09. The molecule has 0 aliphatic carbocycles. The van der Waals surface area contributed by atoms with Gasteiger partial charge in [0.25, 0.3) is 5.91 Å². The summed E-state index contributed by atoms with van der Waals surface area (Å²) in [4.78, 5) is 35.4. The van der Waals surface area contributed by atoms with Gasteiger partial charge in [0.2, 0.25) is 5.91 Å². The molecule has 0 aliphatic heterocycles. The van der Waals surface area contributed by atoms with Crippen LogP contribution in [-0.2, 0) is 20.7 Å². The van der Waals surface area contributed by atoms with E-state index in [0.29, 0.717) is 16.8 Å². The standard InChI is InChI=1S/C19H19FN2O4/c1-12(23)21-16-9-5-14(6-10-16)18(24)22-17(19(25)26-2)11-13-3-7-15(20)8-4-13/h3-10,17H,11H2,1-2H3,(H,21,23)(H,22,24)/t17-/m0/s1. The van der Waals surface area contributed by atoms with E-state index in [2.05, 4.69) is 10.6 Å². The fraction of sp³-hybridized carbons (Fsp3) is 0.211. The number of anilines is 1. The quantitative estimate of drug-likeness (QED) is 0.776. The summed E-state index contributed by atoms with van der Waals surface area (Å²) in [5.74, 6) is -1.66. The lowest BCUT2D eigenvalue weighted by Gasteiger charge is -2.17. The van der Waals surface area contributed by atoms with Crippen molar-refractivity contribution in [1.29, 1.82) is 0 Å². The van der Waals surface area contributed by atoms with Crippen LogP contribution < -0.4 is 10.6 Å². The number of hydrogen-bond acceptors (Lipinski definition) is 4. The number of ether oxygens (including phenoxy) is 1. The van der Waals surface area contributed by atoms with Gasteiger partial charge in [-0.25, -0.2) is 9.18 Å². The van der Waals surface area contributed by atoms with Crippen molar-refractivity contribution < 1.29 is 23.5 Å². The molecule has 1 atom stereocenters. The molecule has 0 fully saturated rings. The molecule has 2 rings (SSSR count). The van der Waals surface area contributed by atoms with Crippen molar-refractivity contribution in [3.05, 3.63) is 65.5 Å². The fourth-order valence-electron chi connectivity index (χ4n) is 2.34. The number of carbonyl (C=O) groups excluding carboxylic acids is 3. The SMILES string of the molecule is COC(=O)[C@H](Cc1ccc(F)cc1)NC(=O)c1ccc(NC(C)=O)cc1. The van der Waals surface area contributed by atoms with Crippen molar-refractivity contribution in [2.75, 3.05) is 12.4 Å². The highest BCUT2D eigenvalue weighted by Crippen LogP contribution is 2.11. The molecular weight excluding hydrogens is 339 g/mol. The third-order valence-electron chi connectivity index (χ3n) is 3.61. The van der Waals surface area contributed by atoms with Crippen molar-refractivity contribution in [2.24, 2.45) is 0 Å². The van der Waals surface area contributed by atoms with Gasteiger partial charge in [0, 0.05) is 24.6 Å². The van der Waals surface area contributed by atoms with E-state index in [-0.39, 0.29) is 18.1 Å². The van der Waals surface area contributed by atoms with Gasteiger partial charge in [0.1, 0.15) is 11.9 Å². The molecule has 2 amide bonds. The van der Waals surface area contributed by atoms with Gasteiger partial charge >= 0.3 is 5.97 Å². The van der Waals surface area contributed by atoms with Crippen molar-refractivity contribution in [1.82, 2.24) is 5.32 Å². The molecule has 0 aliphatic rings. The Morgan fingerprint density at radius 1 is 1.04 bits per heavy atom. The molecule has 2 aromatic rings. The Labute approximate surface area is 150 Å². The fourth-order valence-corrected chi connectivity index (χ4v) is 2.34. The molecule has 136 valence electrons. The highest BCUT2D eigenvalue weighted by molar-refractivity contribution is 5.97. The summed E-state index contributed by atoms with van der Waals surface area (Å²) in [7, 11) is 1.23. The minimum Gasteiger partial charge on any atom is -0.467 e. The Kier molecular flexibility index (Phi) is 6.43. The van der Waals surface area contributed by atoms with Gasteiger partial charge in [0.15, 0.2) is 0 Å². The van der Waals surface area contributed by atoms with E-state index in [1.807, 2.05) is 0 Å². The number of esters is 1. The average Bonchev–Trinajstić information content (AvgIpc) is 2.62. The van der Waals surface area contributed by atoms with E-state index in [0.717, 1.165) is 0 Å². The van der Waals surface area contributed by atoms with Gasteiger partial charge in [-0.3, -0.25) is 9.59 Å². The van der Waals surface area contributed by atoms with E-state index in [4.69, 9.17) is 4.74 Å². The summed E-state index contributed by atoms with van der Waals surface area (Å²) in [6.45, 7) is 1.39. The zero-order valence-corrected chi connectivity index (χ0v) is 14.4. The third-order valence-corrected chi connectivity index (χ3v) is 3.61. The van der Waals surface area contributed by atoms with E-state index in [1.54, 1.807) is 24.3 Å². The number of carbonyl (C=O) groups is 3. The summed E-state index contributed by atoms with van der Waals surface area (Å²) in [6, 6.07) is 11.0. The maximum Gasteiger partial charge on any atom is 0.328 e. The van der Waals surface area contributed by atoms with Crippen LogP contribution in [0.15, 0.2) is 48.5 Å². The van der Waals surface area contributed by atoms with Crippen LogP contribution in [0.5, 0.6) is 0 Å². The van der Waals surface area contributed by atoms with Crippen LogP contribution in [0.1, 0.15) is 22.8 Å². The van der Waals surface area contributed by atoms with Crippen LogP contribution >= 0.6 is 0 Å². The zero-order chi connectivity index (χ0) is 19.1. The predicted molar refractivity (Wildman–Crippen MR) is 94.1 cm³/mol. The Morgan fingerprint density at radius 2 is 1.65 bits per heavy atom. The molecule has 0 bridgehead atoms. The van der Waals surface area contributed by atoms with E-state index in [9.17, 15) is 18.8 Å². The van der Waals surface area contributed by atoms with Gasteiger partial charge < -0.3 is 15.4 Å². The number of halogens is 1. The van der Waals surface area contributed by atoms with E-state index < -0.39 is 17.9 Å². The summed E-state index contributed by atoms with van der Waals surface area (Å²) in [6.07, 6.45) is 0.169. The van der Waals surface area contributed by atoms with Gasteiger partial charge in [-0.2, -0.15) is 0 Å². The second kappa shape index (κ2) is 8.75. The third kappa shape index (κ3) is 5.41. The Hall–Kier alpha value is -3.22. The zero-order valence-electron chi connectivity index (χ0n) is 14.4. The van der Waals surface area contributed by atoms with Crippen LogP contribution in [0.25, 0.3) is 0 Å². The number of rotatable bonds is 6. The van der Waals surface area contributed by atoms with E-state index in [1.165, 1.54) is 38.3 Å². The summed E-state index contributed by atoms with van der Waals surface area (Å²) >= 11 is 0. The smallest absolute Gasteiger partial charge is 0.328 e. The Morgan fingerprint density at radius 3 is 2.19 bits per heavy atom. The molecule has 0 saturated heterocycles. The average molecular weight is 358 g/mol. The van der Waals surface area contributed by atoms with Crippen molar-refractivity contribution in [3.63, 3.8) is 0 Å². The molecule has 0 radical (unpaired) electrons. The molecule has 0 aromatic heterocycles. The molecular formula is C19H19FN2O4. The normalized spacial score (nSPS) is 11.3. The first-order chi connectivity index (χ1) is 12.4. The van der Waals surface area contributed by atoms with Crippen LogP contribution in [0.3, 0.4) is 0 Å². The van der Waals surface area contributed by atoms with Crippen LogP contribution in [-0.4, -0.2) is 30.9 Å². The topological polar surface area (TPSA) is 84.5 Å². The van der Waals surface area contributed by atoms with Crippen molar-refractivity contribution in [2.45, 2.75) is 19.4 Å². The van der Waals surface area contributed by atoms with Crippen molar-refractivity contribution in [3.8, 4) is 0 Å². The minimum absolute atomic E-state index is 0.169. The highest BCUT2D eigenvalue weighted by Gasteiger charge is 2.22. The minimum atomic E-state index is -0.909. The maximum absolute atomic E-state index is 13.0. The van der Waals surface area contributed by atoms with Crippen LogP contribution in [0, 0.1) is 5.82 Å². The molecule has 2 N–H and O–H groups in total. The van der Waals surface area contributed by atoms with E-state index >= 15 is 0 Å². The molecule has 26 heavy (non-hydrogen) atoms. The predicted octanol–water partition coefficient (Wildman–Crippen LogP) is 2.30. The number of nitrogens with one attached hydrogen (secondary N) is 2. The first-order valence-electron chi connectivity index (χ1n) is 7.90. The molecule has 7 heteroatoms. The lowest BCUT2D eigenvalue weighted by molar-refractivity contribution is -0.142. The maximum atomic E-state index is 13.0. The summed E-state index contributed by atoms with van der Waals surface area (Å²) < 4.78 is 17.7. The number of methoxy groups -OCH3 is 1. The lowest BCUT2D eigenvalue weighted by Crippen LogP contribution is -2.43. The molecule has 0 saturated carbocycles. The number of benzene rings is 2. The molecule has 0 heterocycles. The molecule has 2 aromatic carbocycles. The molecule has 6 nitrogen and oxygen atoms in total. The first-order valence-corrected chi connectivity index (χ1v) is 7.90. The molecule has 0 spiro atoms. The highest BCUT2D eigenvalue weighted by atomic mass is 19.1. The van der Waals surface area contributed by atoms with Crippen LogP contribution in [0.4, 0.5) is 10.1 Å². The lowest BCUT2D eigenvalue weighted by atomic mass is 10.1. The summed E-state index contributed by atoms with van der Waals surface area (Å²) in [5.41, 5.74) is 1.57. The van der Waals surface area contributed by atoms with Crippen LogP contribution in [0.2, 0.25) is 0 Å². The van der Waals surface area contributed by atoms with Gasteiger partial charge in [0.05, 0.1) is 7.11 Å². The first kappa shape index (κ1) is 19.1. The van der Waals surface area contributed by atoms with Crippen molar-refractivity contribution >= 4 is 23.5 Å². The molecule has 0 unspecified atom stereocenters. The number of amides is 2. The van der Waals surface area contributed by atoms with Gasteiger partial charge in [-0.1, -0.05) is 12.1 Å². The monoisotopic (exact) mass is 358 g/mol. The largest absolute Gasteiger partial charge is 0.467 e. The Bertz CT molecular complexity index is 788. The van der Waals surface area contributed by atoms with Gasteiger partial charge in [-0.15, -0.1) is 0 Å². The number of hydrogen-bond donors (Lipinski definition) is 2. The summed E-state index contributed by atoms with van der Waals surface area (Å²) in [5, 5.41) is 5.21.